The van der Waals surface area contributed by atoms with Gasteiger partial charge in [-0.2, -0.15) is 0 Å². The smallest absolute Gasteiger partial charge is 0.257 e. The second-order valence-electron chi connectivity index (χ2n) is 6.45. The van der Waals surface area contributed by atoms with Crippen LogP contribution in [0.15, 0.2) is 42.7 Å². The Balaban J connectivity index is 2.01. The Hall–Kier alpha value is -3.32. The van der Waals surface area contributed by atoms with Gasteiger partial charge in [0.05, 0.1) is 17.2 Å². The van der Waals surface area contributed by atoms with Crippen LogP contribution in [0.2, 0.25) is 0 Å². The third-order valence-electron chi connectivity index (χ3n) is 4.67. The van der Waals surface area contributed by atoms with Gasteiger partial charge in [0.1, 0.15) is 22.3 Å². The van der Waals surface area contributed by atoms with Crippen LogP contribution in [-0.2, 0) is 0 Å². The number of aromatic hydroxyl groups is 1. The SMILES string of the molecule is CNC(C)CNC(=O)c1c(O)c2ccccc2c2nc3ccncc3nc12. The lowest BCUT2D eigenvalue weighted by Crippen LogP contribution is -2.37. The van der Waals surface area contributed by atoms with Crippen LogP contribution in [0.4, 0.5) is 0 Å². The number of pyridine rings is 1. The number of benzene rings is 2. The molecule has 3 N–H and O–H groups in total. The molecule has 7 nitrogen and oxygen atoms in total. The Morgan fingerprint density at radius 3 is 2.63 bits per heavy atom. The molecule has 1 unspecified atom stereocenters. The van der Waals surface area contributed by atoms with Crippen LogP contribution in [0.3, 0.4) is 0 Å². The minimum atomic E-state index is -0.386. The highest BCUT2D eigenvalue weighted by atomic mass is 16.3. The summed E-state index contributed by atoms with van der Waals surface area (Å²) in [6.07, 6.45) is 3.25. The molecule has 1 amide bonds. The monoisotopic (exact) mass is 361 g/mol. The Labute approximate surface area is 155 Å². The fourth-order valence-corrected chi connectivity index (χ4v) is 3.06. The number of phenolic OH excluding ortho intramolecular Hbond substituents is 1. The minimum Gasteiger partial charge on any atom is -0.506 e. The molecule has 7 heteroatoms. The summed E-state index contributed by atoms with van der Waals surface area (Å²) < 4.78 is 0. The molecule has 0 fully saturated rings. The molecule has 0 saturated heterocycles. The van der Waals surface area contributed by atoms with Gasteiger partial charge in [0.2, 0.25) is 0 Å². The van der Waals surface area contributed by atoms with Crippen LogP contribution in [0.5, 0.6) is 5.75 Å². The zero-order valence-electron chi connectivity index (χ0n) is 15.0. The normalized spacial score (nSPS) is 12.5. The molecule has 0 aliphatic carbocycles. The number of hydrogen-bond acceptors (Lipinski definition) is 6. The predicted molar refractivity (Wildman–Crippen MR) is 105 cm³/mol. The van der Waals surface area contributed by atoms with E-state index in [4.69, 9.17) is 4.98 Å². The maximum Gasteiger partial charge on any atom is 0.257 e. The molecular weight excluding hydrogens is 342 g/mol. The summed E-state index contributed by atoms with van der Waals surface area (Å²) in [5, 5.41) is 18.1. The molecule has 0 aliphatic rings. The molecule has 0 bridgehead atoms. The second-order valence-corrected chi connectivity index (χ2v) is 6.45. The number of phenols is 1. The van der Waals surface area contributed by atoms with Crippen molar-refractivity contribution < 1.29 is 9.90 Å². The molecule has 136 valence electrons. The molecule has 2 aromatic heterocycles. The van der Waals surface area contributed by atoms with Gasteiger partial charge in [-0.05, 0) is 20.0 Å². The average Bonchev–Trinajstić information content (AvgIpc) is 2.71. The summed E-state index contributed by atoms with van der Waals surface area (Å²) in [6.45, 7) is 2.38. The van der Waals surface area contributed by atoms with E-state index in [9.17, 15) is 9.90 Å². The number of fused-ring (bicyclic) bond motifs is 4. The molecule has 2 heterocycles. The first-order chi connectivity index (χ1) is 13.1. The lowest BCUT2D eigenvalue weighted by atomic mass is 10.0. The number of carbonyl (C=O) groups is 1. The molecule has 0 aliphatic heterocycles. The van der Waals surface area contributed by atoms with Gasteiger partial charge in [-0.25, -0.2) is 9.97 Å². The number of nitrogens with one attached hydrogen (secondary N) is 2. The van der Waals surface area contributed by atoms with Gasteiger partial charge in [0.25, 0.3) is 5.91 Å². The third kappa shape index (κ3) is 2.92. The number of likely N-dealkylation sites (N-methyl/N-ethyl adjacent to an activating group) is 1. The van der Waals surface area contributed by atoms with E-state index in [1.165, 1.54) is 0 Å². The Morgan fingerprint density at radius 1 is 1.11 bits per heavy atom. The van der Waals surface area contributed by atoms with Crippen molar-refractivity contribution in [3.63, 3.8) is 0 Å². The van der Waals surface area contributed by atoms with E-state index >= 15 is 0 Å². The fourth-order valence-electron chi connectivity index (χ4n) is 3.06. The topological polar surface area (TPSA) is 100 Å². The molecule has 2 aromatic carbocycles. The van der Waals surface area contributed by atoms with E-state index in [-0.39, 0.29) is 23.3 Å². The van der Waals surface area contributed by atoms with Crippen molar-refractivity contribution in [3.05, 3.63) is 48.3 Å². The lowest BCUT2D eigenvalue weighted by Gasteiger charge is -2.15. The predicted octanol–water partition coefficient (Wildman–Crippen LogP) is 2.37. The average molecular weight is 361 g/mol. The van der Waals surface area contributed by atoms with Gasteiger partial charge in [0.15, 0.2) is 0 Å². The van der Waals surface area contributed by atoms with Crippen LogP contribution in [0.1, 0.15) is 17.3 Å². The molecule has 0 radical (unpaired) electrons. The Kier molecular flexibility index (Phi) is 4.29. The number of hydrogen-bond donors (Lipinski definition) is 3. The molecule has 1 atom stereocenters. The quantitative estimate of drug-likeness (QED) is 0.381. The van der Waals surface area contributed by atoms with Gasteiger partial charge in [0, 0.05) is 29.6 Å². The molecule has 4 rings (SSSR count). The summed E-state index contributed by atoms with van der Waals surface area (Å²) in [4.78, 5) is 26.3. The van der Waals surface area contributed by atoms with Crippen molar-refractivity contribution >= 4 is 38.7 Å². The van der Waals surface area contributed by atoms with E-state index < -0.39 is 0 Å². The molecule has 27 heavy (non-hydrogen) atoms. The van der Waals surface area contributed by atoms with Crippen molar-refractivity contribution in [2.45, 2.75) is 13.0 Å². The van der Waals surface area contributed by atoms with Crippen molar-refractivity contribution in [2.24, 2.45) is 0 Å². The first-order valence-electron chi connectivity index (χ1n) is 8.70. The van der Waals surface area contributed by atoms with Crippen molar-refractivity contribution in [1.82, 2.24) is 25.6 Å². The maximum absolute atomic E-state index is 12.9. The number of amides is 1. The summed E-state index contributed by atoms with van der Waals surface area (Å²) in [6, 6.07) is 9.20. The number of aromatic nitrogens is 3. The van der Waals surface area contributed by atoms with E-state index in [1.54, 1.807) is 24.5 Å². The Bertz CT molecular complexity index is 1180. The van der Waals surface area contributed by atoms with E-state index in [2.05, 4.69) is 20.6 Å². The van der Waals surface area contributed by atoms with Crippen molar-refractivity contribution in [1.29, 1.82) is 0 Å². The zero-order valence-corrected chi connectivity index (χ0v) is 15.0. The van der Waals surface area contributed by atoms with Crippen molar-refractivity contribution in [3.8, 4) is 5.75 Å². The standard InChI is InChI=1S/C20H19N5O2/c1-11(21-2)9-23-20(27)16-18-17(12-5-3-4-6-13(12)19(16)26)24-14-7-8-22-10-15(14)25-18/h3-8,10-11,21,26H,9H2,1-2H3,(H,23,27). The van der Waals surface area contributed by atoms with E-state index in [1.807, 2.05) is 32.2 Å². The third-order valence-corrected chi connectivity index (χ3v) is 4.67. The molecular formula is C20H19N5O2. The summed E-state index contributed by atoms with van der Waals surface area (Å²) >= 11 is 0. The largest absolute Gasteiger partial charge is 0.506 e. The highest BCUT2D eigenvalue weighted by Crippen LogP contribution is 2.36. The molecule has 4 aromatic rings. The summed E-state index contributed by atoms with van der Waals surface area (Å²) in [7, 11) is 1.82. The molecule has 0 spiro atoms. The van der Waals surface area contributed by atoms with Gasteiger partial charge >= 0.3 is 0 Å². The number of rotatable bonds is 4. The fraction of sp³-hybridized carbons (Fsp3) is 0.200. The van der Waals surface area contributed by atoms with E-state index in [0.717, 1.165) is 5.39 Å². The van der Waals surface area contributed by atoms with Crippen LogP contribution in [0.25, 0.3) is 32.8 Å². The number of nitrogens with zero attached hydrogens (tertiary/aromatic N) is 3. The van der Waals surface area contributed by atoms with Crippen LogP contribution in [0, 0.1) is 0 Å². The first-order valence-corrected chi connectivity index (χ1v) is 8.70. The Morgan fingerprint density at radius 2 is 1.85 bits per heavy atom. The first kappa shape index (κ1) is 17.1. The maximum atomic E-state index is 12.9. The van der Waals surface area contributed by atoms with Gasteiger partial charge in [-0.1, -0.05) is 24.3 Å². The number of carbonyl (C=O) groups excluding carboxylic acids is 1. The van der Waals surface area contributed by atoms with Crippen LogP contribution in [-0.4, -0.2) is 45.6 Å². The highest BCUT2D eigenvalue weighted by molar-refractivity contribution is 6.19. The van der Waals surface area contributed by atoms with Gasteiger partial charge in [-0.3, -0.25) is 9.78 Å². The van der Waals surface area contributed by atoms with Crippen LogP contribution >= 0.6 is 0 Å². The van der Waals surface area contributed by atoms with Gasteiger partial charge in [-0.15, -0.1) is 0 Å². The summed E-state index contributed by atoms with van der Waals surface area (Å²) in [5.41, 5.74) is 2.32. The zero-order chi connectivity index (χ0) is 19.0. The van der Waals surface area contributed by atoms with Crippen LogP contribution < -0.4 is 10.6 Å². The van der Waals surface area contributed by atoms with E-state index in [0.29, 0.717) is 34.0 Å². The second kappa shape index (κ2) is 6.77. The van der Waals surface area contributed by atoms with Gasteiger partial charge < -0.3 is 15.7 Å². The summed E-state index contributed by atoms with van der Waals surface area (Å²) in [5.74, 6) is -0.479. The lowest BCUT2D eigenvalue weighted by molar-refractivity contribution is 0.0949. The van der Waals surface area contributed by atoms with Crippen molar-refractivity contribution in [2.75, 3.05) is 13.6 Å². The highest BCUT2D eigenvalue weighted by Gasteiger charge is 2.22. The minimum absolute atomic E-state index is 0.0924. The molecule has 0 saturated carbocycles.